The summed E-state index contributed by atoms with van der Waals surface area (Å²) in [6, 6.07) is 8.41. The van der Waals surface area contributed by atoms with Gasteiger partial charge in [0.05, 0.1) is 59.2 Å². The van der Waals surface area contributed by atoms with Gasteiger partial charge in [-0.05, 0) is 65.8 Å². The highest BCUT2D eigenvalue weighted by Crippen LogP contribution is 2.51. The molecule has 0 saturated carbocycles. The Kier molecular flexibility index (Phi) is 16.2. The molecular weight excluding hydrogens is 529 g/mol. The molecule has 208 valence electrons. The maximum Gasteiger partial charge on any atom is 0.176 e. The van der Waals surface area contributed by atoms with Crippen molar-refractivity contribution in [3.8, 4) is 23.0 Å². The molecule has 0 aromatic heterocycles. The highest BCUT2D eigenvalue weighted by atomic mass is 32.2. The average molecular weight is 571 g/mol. The predicted molar refractivity (Wildman–Crippen MR) is 156 cm³/mol. The summed E-state index contributed by atoms with van der Waals surface area (Å²) < 4.78 is 35.6. The van der Waals surface area contributed by atoms with Crippen LogP contribution in [0.1, 0.15) is 41.5 Å². The quantitative estimate of drug-likeness (QED) is 0.118. The zero-order valence-corrected chi connectivity index (χ0v) is 25.5. The van der Waals surface area contributed by atoms with Crippen molar-refractivity contribution in [1.29, 1.82) is 0 Å². The molecule has 0 bridgehead atoms. The third-order valence-electron chi connectivity index (χ3n) is 4.83. The number of hydrogen-bond acceptors (Lipinski definition) is 9. The van der Waals surface area contributed by atoms with Crippen LogP contribution in [-0.4, -0.2) is 64.4 Å². The minimum atomic E-state index is 0.540. The fourth-order valence-electron chi connectivity index (χ4n) is 3.39. The van der Waals surface area contributed by atoms with Crippen LogP contribution in [0.5, 0.6) is 23.0 Å². The molecule has 0 aliphatic carbocycles. The summed E-state index contributed by atoms with van der Waals surface area (Å²) in [5.41, 5.74) is 0. The molecule has 0 heterocycles. The summed E-state index contributed by atoms with van der Waals surface area (Å²) in [7, 11) is 0. The smallest absolute Gasteiger partial charge is 0.176 e. The van der Waals surface area contributed by atoms with Crippen molar-refractivity contribution >= 4 is 35.3 Å². The molecule has 0 unspecified atom stereocenters. The van der Waals surface area contributed by atoms with Crippen LogP contribution in [0.25, 0.3) is 0 Å². The molecule has 0 amide bonds. The van der Waals surface area contributed by atoms with Crippen LogP contribution in [0, 0.1) is 0 Å². The van der Waals surface area contributed by atoms with Crippen LogP contribution in [-0.2, 0) is 9.47 Å². The third kappa shape index (κ3) is 10.0. The maximum atomic E-state index is 6.16. The molecule has 2 aromatic carbocycles. The third-order valence-corrected chi connectivity index (χ3v) is 7.92. The minimum Gasteiger partial charge on any atom is -0.489 e. The van der Waals surface area contributed by atoms with Crippen LogP contribution in [0.15, 0.2) is 43.8 Å². The van der Waals surface area contributed by atoms with E-state index in [0.29, 0.717) is 52.9 Å². The lowest BCUT2D eigenvalue weighted by atomic mass is 10.3. The first-order valence-electron chi connectivity index (χ1n) is 13.1. The molecule has 0 spiro atoms. The fraction of sp³-hybridized carbons (Fsp3) is 0.571. The number of benzene rings is 2. The summed E-state index contributed by atoms with van der Waals surface area (Å²) in [6.45, 7) is 17.0. The van der Waals surface area contributed by atoms with Crippen molar-refractivity contribution in [2.75, 3.05) is 64.4 Å². The Morgan fingerprint density at radius 1 is 0.459 bits per heavy atom. The molecule has 0 radical (unpaired) electrons. The first-order chi connectivity index (χ1) is 18.1. The number of ether oxygens (including phenoxy) is 6. The molecule has 0 aliphatic heterocycles. The number of thioether (sulfide) groups is 2. The van der Waals surface area contributed by atoms with E-state index in [-0.39, 0.29) is 0 Å². The molecule has 0 saturated heterocycles. The average Bonchev–Trinajstić information content (AvgIpc) is 2.90. The Balaban J connectivity index is 2.45. The summed E-state index contributed by atoms with van der Waals surface area (Å²) in [5.74, 6) is 4.77. The summed E-state index contributed by atoms with van der Waals surface area (Å²) in [6.07, 6.45) is 0. The SMILES string of the molecule is CCOCCSc1ccc(Sc2ccc(SCCOCC)c(OCC)c2OCC)c(OCC)c1OCC. The normalized spacial score (nSPS) is 11.0. The first-order valence-corrected chi connectivity index (χ1v) is 15.9. The van der Waals surface area contributed by atoms with Crippen LogP contribution >= 0.6 is 35.3 Å². The second-order valence-electron chi connectivity index (χ2n) is 7.37. The van der Waals surface area contributed by atoms with Gasteiger partial charge in [-0.3, -0.25) is 0 Å². The van der Waals surface area contributed by atoms with Crippen molar-refractivity contribution in [2.24, 2.45) is 0 Å². The number of rotatable bonds is 20. The lowest BCUT2D eigenvalue weighted by molar-refractivity contribution is 0.164. The molecule has 0 aliphatic rings. The molecule has 2 aromatic rings. The van der Waals surface area contributed by atoms with E-state index in [1.54, 1.807) is 35.3 Å². The first kappa shape index (κ1) is 31.8. The van der Waals surface area contributed by atoms with Crippen LogP contribution in [0.4, 0.5) is 0 Å². The standard InChI is InChI=1S/C28H42O6S3/c1-7-29-17-19-35-21-13-15-23(27(33-11-5)25(21)31-9-3)37-24-16-14-22(36-20-18-30-8-2)26(32-10-4)28(24)34-12-6/h13-16H,7-12,17-20H2,1-6H3. The molecule has 2 rings (SSSR count). The molecule has 6 nitrogen and oxygen atoms in total. The van der Waals surface area contributed by atoms with Gasteiger partial charge in [0.1, 0.15) is 0 Å². The monoisotopic (exact) mass is 570 g/mol. The van der Waals surface area contributed by atoms with Gasteiger partial charge in [0.25, 0.3) is 0 Å². The second kappa shape index (κ2) is 18.8. The predicted octanol–water partition coefficient (Wildman–Crippen LogP) is 7.69. The summed E-state index contributed by atoms with van der Waals surface area (Å²) in [5, 5.41) is 0. The van der Waals surface area contributed by atoms with Crippen molar-refractivity contribution in [3.63, 3.8) is 0 Å². The van der Waals surface area contributed by atoms with Gasteiger partial charge >= 0.3 is 0 Å². The molecule has 0 fully saturated rings. The molecule has 9 heteroatoms. The van der Waals surface area contributed by atoms with Gasteiger partial charge in [0.2, 0.25) is 0 Å². The van der Waals surface area contributed by atoms with E-state index in [2.05, 4.69) is 24.3 Å². The van der Waals surface area contributed by atoms with Gasteiger partial charge in [0.15, 0.2) is 23.0 Å². The van der Waals surface area contributed by atoms with Gasteiger partial charge in [0, 0.05) is 24.7 Å². The van der Waals surface area contributed by atoms with Crippen LogP contribution in [0.2, 0.25) is 0 Å². The molecule has 0 atom stereocenters. The fourth-order valence-corrected chi connectivity index (χ4v) is 6.13. The second-order valence-corrected chi connectivity index (χ2v) is 10.7. The summed E-state index contributed by atoms with van der Waals surface area (Å²) in [4.78, 5) is 4.05. The lowest BCUT2D eigenvalue weighted by Gasteiger charge is -2.21. The zero-order chi connectivity index (χ0) is 26.9. The van der Waals surface area contributed by atoms with Gasteiger partial charge in [-0.2, -0.15) is 0 Å². The topological polar surface area (TPSA) is 55.4 Å². The van der Waals surface area contributed by atoms with E-state index in [1.807, 2.05) is 41.5 Å². The molecule has 0 N–H and O–H groups in total. The Labute approximate surface area is 235 Å². The van der Waals surface area contributed by atoms with Gasteiger partial charge < -0.3 is 28.4 Å². The largest absolute Gasteiger partial charge is 0.489 e. The van der Waals surface area contributed by atoms with Crippen LogP contribution in [0.3, 0.4) is 0 Å². The highest BCUT2D eigenvalue weighted by Gasteiger charge is 2.22. The van der Waals surface area contributed by atoms with E-state index in [0.717, 1.165) is 54.1 Å². The molecule has 37 heavy (non-hydrogen) atoms. The Bertz CT molecular complexity index is 852. The van der Waals surface area contributed by atoms with E-state index < -0.39 is 0 Å². The van der Waals surface area contributed by atoms with E-state index in [1.165, 1.54) is 0 Å². The Morgan fingerprint density at radius 2 is 0.784 bits per heavy atom. The van der Waals surface area contributed by atoms with Crippen molar-refractivity contribution in [3.05, 3.63) is 24.3 Å². The Hall–Kier alpha value is -1.39. The van der Waals surface area contributed by atoms with E-state index in [4.69, 9.17) is 28.4 Å². The summed E-state index contributed by atoms with van der Waals surface area (Å²) >= 11 is 5.04. The van der Waals surface area contributed by atoms with Crippen LogP contribution < -0.4 is 18.9 Å². The van der Waals surface area contributed by atoms with Gasteiger partial charge in [-0.25, -0.2) is 0 Å². The zero-order valence-electron chi connectivity index (χ0n) is 23.1. The van der Waals surface area contributed by atoms with E-state index in [9.17, 15) is 0 Å². The van der Waals surface area contributed by atoms with Gasteiger partial charge in [-0.15, -0.1) is 23.5 Å². The van der Waals surface area contributed by atoms with Crippen molar-refractivity contribution in [1.82, 2.24) is 0 Å². The minimum absolute atomic E-state index is 0.540. The maximum absolute atomic E-state index is 6.16. The van der Waals surface area contributed by atoms with E-state index >= 15 is 0 Å². The van der Waals surface area contributed by atoms with Gasteiger partial charge in [-0.1, -0.05) is 11.8 Å². The van der Waals surface area contributed by atoms with Crippen molar-refractivity contribution in [2.45, 2.75) is 61.1 Å². The highest BCUT2D eigenvalue weighted by molar-refractivity contribution is 8.00. The van der Waals surface area contributed by atoms with Crippen molar-refractivity contribution < 1.29 is 28.4 Å². The molecular formula is C28H42O6S3. The number of hydrogen-bond donors (Lipinski definition) is 0. The lowest BCUT2D eigenvalue weighted by Crippen LogP contribution is -2.04. The Morgan fingerprint density at radius 3 is 1.11 bits per heavy atom.